The van der Waals surface area contributed by atoms with Crippen LogP contribution in [0.25, 0.3) is 0 Å². The molecule has 2 amide bonds. The van der Waals surface area contributed by atoms with Crippen molar-refractivity contribution in [1.29, 1.82) is 0 Å². The molecule has 0 fully saturated rings. The van der Waals surface area contributed by atoms with Crippen molar-refractivity contribution in [1.82, 2.24) is 10.2 Å². The summed E-state index contributed by atoms with van der Waals surface area (Å²) in [6, 6.07) is 2.69. The Labute approximate surface area is 123 Å². The fourth-order valence-electron chi connectivity index (χ4n) is 1.79. The molecule has 0 spiro atoms. The van der Waals surface area contributed by atoms with E-state index in [1.807, 2.05) is 31.4 Å². The molecule has 0 aliphatic rings. The van der Waals surface area contributed by atoms with Crippen molar-refractivity contribution in [2.75, 3.05) is 0 Å². The van der Waals surface area contributed by atoms with Crippen molar-refractivity contribution in [2.24, 2.45) is 5.92 Å². The van der Waals surface area contributed by atoms with Crippen LogP contribution in [-0.4, -0.2) is 34.1 Å². The molecule has 0 unspecified atom stereocenters. The van der Waals surface area contributed by atoms with Gasteiger partial charge in [0.25, 0.3) is 0 Å². The smallest absolute Gasteiger partial charge is 0.326 e. The van der Waals surface area contributed by atoms with E-state index in [9.17, 15) is 9.59 Å². The van der Waals surface area contributed by atoms with E-state index in [1.54, 1.807) is 30.1 Å². The maximum Gasteiger partial charge on any atom is 0.326 e. The van der Waals surface area contributed by atoms with E-state index in [-0.39, 0.29) is 18.0 Å². The maximum atomic E-state index is 12.3. The van der Waals surface area contributed by atoms with Crippen LogP contribution in [0.3, 0.4) is 0 Å². The number of nitrogens with zero attached hydrogens (tertiary/aromatic N) is 1. The number of nitrogens with one attached hydrogen (secondary N) is 1. The second-order valence-electron chi connectivity index (χ2n) is 5.31. The fraction of sp³-hybridized carbons (Fsp3) is 0.571. The number of aliphatic carboxylic acids is 1. The second kappa shape index (κ2) is 7.28. The van der Waals surface area contributed by atoms with E-state index in [0.717, 1.165) is 4.88 Å². The zero-order valence-corrected chi connectivity index (χ0v) is 13.1. The number of hydrogen-bond donors (Lipinski definition) is 2. The van der Waals surface area contributed by atoms with Gasteiger partial charge in [0.05, 0.1) is 6.54 Å². The largest absolute Gasteiger partial charge is 0.480 e. The molecule has 1 rings (SSSR count). The summed E-state index contributed by atoms with van der Waals surface area (Å²) in [6.45, 7) is 7.87. The van der Waals surface area contributed by atoms with Crippen LogP contribution >= 0.6 is 11.3 Å². The third kappa shape index (κ3) is 4.52. The Hall–Kier alpha value is -1.56. The molecule has 1 aromatic heterocycles. The van der Waals surface area contributed by atoms with Gasteiger partial charge in [-0.3, -0.25) is 0 Å². The molecule has 1 atom stereocenters. The number of hydrogen-bond acceptors (Lipinski definition) is 3. The number of rotatable bonds is 6. The van der Waals surface area contributed by atoms with Crippen LogP contribution < -0.4 is 5.32 Å². The highest BCUT2D eigenvalue weighted by molar-refractivity contribution is 7.09. The van der Waals surface area contributed by atoms with E-state index in [1.165, 1.54) is 0 Å². The van der Waals surface area contributed by atoms with Crippen LogP contribution in [0.15, 0.2) is 17.5 Å². The third-order valence-electron chi connectivity index (χ3n) is 3.00. The monoisotopic (exact) mass is 298 g/mol. The van der Waals surface area contributed by atoms with Gasteiger partial charge in [-0.15, -0.1) is 11.3 Å². The van der Waals surface area contributed by atoms with E-state index in [4.69, 9.17) is 5.11 Å². The lowest BCUT2D eigenvalue weighted by molar-refractivity contribution is -0.140. The molecule has 0 bridgehead atoms. The first-order chi connectivity index (χ1) is 9.32. The Balaban J connectivity index is 2.76. The van der Waals surface area contributed by atoms with Crippen LogP contribution in [0.5, 0.6) is 0 Å². The van der Waals surface area contributed by atoms with Gasteiger partial charge >= 0.3 is 12.0 Å². The molecule has 0 saturated heterocycles. The molecule has 1 aromatic rings. The minimum absolute atomic E-state index is 0.00120. The molecular formula is C14H22N2O3S. The van der Waals surface area contributed by atoms with Crippen molar-refractivity contribution >= 4 is 23.3 Å². The highest BCUT2D eigenvalue weighted by atomic mass is 32.1. The van der Waals surface area contributed by atoms with Gasteiger partial charge in [0.2, 0.25) is 0 Å². The molecule has 6 heteroatoms. The number of carboxylic acid groups (broad SMARTS) is 1. The number of amides is 2. The molecule has 112 valence electrons. The van der Waals surface area contributed by atoms with Crippen LogP contribution in [-0.2, 0) is 11.3 Å². The van der Waals surface area contributed by atoms with Crippen molar-refractivity contribution in [3.63, 3.8) is 0 Å². The lowest BCUT2D eigenvalue weighted by Crippen LogP contribution is -2.51. The SMILES string of the molecule is CC(C)[C@H](NC(=O)N(Cc1cccs1)C(C)C)C(=O)O. The zero-order valence-electron chi connectivity index (χ0n) is 12.3. The molecule has 5 nitrogen and oxygen atoms in total. The summed E-state index contributed by atoms with van der Waals surface area (Å²) in [7, 11) is 0. The first-order valence-corrected chi connectivity index (χ1v) is 7.53. The minimum atomic E-state index is -1.01. The Bertz CT molecular complexity index is 443. The number of urea groups is 1. The Morgan fingerprint density at radius 3 is 2.40 bits per heavy atom. The van der Waals surface area contributed by atoms with Crippen molar-refractivity contribution in [3.8, 4) is 0 Å². The molecule has 0 aromatic carbocycles. The van der Waals surface area contributed by atoms with Crippen molar-refractivity contribution in [2.45, 2.75) is 46.3 Å². The van der Waals surface area contributed by atoms with E-state index >= 15 is 0 Å². The Kier molecular flexibility index (Phi) is 6.01. The second-order valence-corrected chi connectivity index (χ2v) is 6.34. The summed E-state index contributed by atoms with van der Waals surface area (Å²) in [6.07, 6.45) is 0. The van der Waals surface area contributed by atoms with Gasteiger partial charge in [-0.1, -0.05) is 19.9 Å². The van der Waals surface area contributed by atoms with Gasteiger partial charge in [-0.05, 0) is 31.2 Å². The van der Waals surface area contributed by atoms with Gasteiger partial charge in [0.1, 0.15) is 6.04 Å². The van der Waals surface area contributed by atoms with Crippen LogP contribution in [0, 0.1) is 5.92 Å². The quantitative estimate of drug-likeness (QED) is 0.848. The van der Waals surface area contributed by atoms with Gasteiger partial charge in [0, 0.05) is 10.9 Å². The van der Waals surface area contributed by atoms with Crippen LogP contribution in [0.2, 0.25) is 0 Å². The maximum absolute atomic E-state index is 12.3. The lowest BCUT2D eigenvalue weighted by atomic mass is 10.1. The summed E-state index contributed by atoms with van der Waals surface area (Å²) >= 11 is 1.58. The highest BCUT2D eigenvalue weighted by Crippen LogP contribution is 2.14. The molecule has 0 radical (unpaired) electrons. The molecule has 0 saturated carbocycles. The number of carbonyl (C=O) groups excluding carboxylic acids is 1. The normalized spacial score (nSPS) is 12.5. The fourth-order valence-corrected chi connectivity index (χ4v) is 2.49. The van der Waals surface area contributed by atoms with Crippen LogP contribution in [0.4, 0.5) is 4.79 Å². The summed E-state index contributed by atoms with van der Waals surface area (Å²) in [5.41, 5.74) is 0. The molecular weight excluding hydrogens is 276 g/mol. The Morgan fingerprint density at radius 1 is 1.35 bits per heavy atom. The average molecular weight is 298 g/mol. The zero-order chi connectivity index (χ0) is 15.3. The average Bonchev–Trinajstić information content (AvgIpc) is 2.84. The molecule has 1 heterocycles. The van der Waals surface area contributed by atoms with Crippen molar-refractivity contribution in [3.05, 3.63) is 22.4 Å². The summed E-state index contributed by atoms with van der Waals surface area (Å²) in [5, 5.41) is 13.7. The first-order valence-electron chi connectivity index (χ1n) is 6.65. The summed E-state index contributed by atoms with van der Waals surface area (Å²) in [4.78, 5) is 26.2. The van der Waals surface area contributed by atoms with Gasteiger partial charge < -0.3 is 15.3 Å². The Morgan fingerprint density at radius 2 is 2.00 bits per heavy atom. The molecule has 0 aliphatic carbocycles. The van der Waals surface area contributed by atoms with Gasteiger partial charge in [-0.2, -0.15) is 0 Å². The lowest BCUT2D eigenvalue weighted by Gasteiger charge is -2.29. The van der Waals surface area contributed by atoms with E-state index in [2.05, 4.69) is 5.32 Å². The highest BCUT2D eigenvalue weighted by Gasteiger charge is 2.27. The summed E-state index contributed by atoms with van der Waals surface area (Å²) in [5.74, 6) is -1.17. The molecule has 2 N–H and O–H groups in total. The van der Waals surface area contributed by atoms with Gasteiger partial charge in [-0.25, -0.2) is 9.59 Å². The summed E-state index contributed by atoms with van der Waals surface area (Å²) < 4.78 is 0. The van der Waals surface area contributed by atoms with E-state index < -0.39 is 12.0 Å². The molecule has 20 heavy (non-hydrogen) atoms. The first kappa shape index (κ1) is 16.5. The minimum Gasteiger partial charge on any atom is -0.480 e. The third-order valence-corrected chi connectivity index (χ3v) is 3.86. The van der Waals surface area contributed by atoms with Crippen LogP contribution in [0.1, 0.15) is 32.6 Å². The topological polar surface area (TPSA) is 69.6 Å². The van der Waals surface area contributed by atoms with E-state index in [0.29, 0.717) is 6.54 Å². The number of carbonyl (C=O) groups is 2. The number of carboxylic acids is 1. The van der Waals surface area contributed by atoms with Crippen molar-refractivity contribution < 1.29 is 14.7 Å². The predicted molar refractivity (Wildman–Crippen MR) is 79.8 cm³/mol. The predicted octanol–water partition coefficient (Wildman–Crippen LogP) is 2.78. The van der Waals surface area contributed by atoms with Gasteiger partial charge in [0.15, 0.2) is 0 Å². The standard InChI is InChI=1S/C14H22N2O3S/c1-9(2)12(13(17)18)15-14(19)16(10(3)4)8-11-6-5-7-20-11/h5-7,9-10,12H,8H2,1-4H3,(H,15,19)(H,17,18)/t12-/m0/s1. The number of thiophene rings is 1. The molecule has 0 aliphatic heterocycles.